The van der Waals surface area contributed by atoms with E-state index < -0.39 is 11.9 Å². The van der Waals surface area contributed by atoms with Crippen molar-refractivity contribution < 1.29 is 4.79 Å². The van der Waals surface area contributed by atoms with Gasteiger partial charge in [0.25, 0.3) is 5.56 Å². The molecular formula is C19H15N5O2. The number of anilines is 1. The lowest BCUT2D eigenvalue weighted by molar-refractivity contribution is -0.119. The lowest BCUT2D eigenvalue weighted by Gasteiger charge is -2.15. The molecule has 1 N–H and O–H groups in total. The van der Waals surface area contributed by atoms with Gasteiger partial charge in [-0.3, -0.25) is 14.6 Å². The highest BCUT2D eigenvalue weighted by molar-refractivity contribution is 5.94. The first-order valence-electron chi connectivity index (χ1n) is 7.90. The normalized spacial score (nSPS) is 11.4. The third-order valence-corrected chi connectivity index (χ3v) is 3.85. The summed E-state index contributed by atoms with van der Waals surface area (Å²) in [5, 5.41) is 16.1. The summed E-state index contributed by atoms with van der Waals surface area (Å²) in [5.41, 5.74) is 1.70. The number of benzene rings is 1. The highest BCUT2D eigenvalue weighted by atomic mass is 16.2. The number of hydrogen-bond acceptors (Lipinski definition) is 5. The molecular weight excluding hydrogens is 330 g/mol. The Hall–Kier alpha value is -3.79. The molecule has 0 aliphatic heterocycles. The van der Waals surface area contributed by atoms with Gasteiger partial charge in [-0.25, -0.2) is 4.68 Å². The van der Waals surface area contributed by atoms with E-state index in [9.17, 15) is 9.59 Å². The molecule has 3 aromatic rings. The third-order valence-electron chi connectivity index (χ3n) is 3.85. The lowest BCUT2D eigenvalue weighted by Crippen LogP contribution is -2.33. The molecule has 3 rings (SSSR count). The molecule has 1 amide bonds. The van der Waals surface area contributed by atoms with Crippen LogP contribution in [-0.2, 0) is 4.79 Å². The van der Waals surface area contributed by atoms with Gasteiger partial charge in [0, 0.05) is 24.0 Å². The van der Waals surface area contributed by atoms with Crippen molar-refractivity contribution in [2.75, 3.05) is 5.32 Å². The molecule has 0 aliphatic carbocycles. The number of carbonyl (C=O) groups excluding carboxylic acids is 1. The minimum absolute atomic E-state index is 0.346. The highest BCUT2D eigenvalue weighted by Crippen LogP contribution is 2.17. The standard InChI is InChI=1S/C19H15N5O2/c1-13(19(26)22-16-5-3-2-4-15(16)12-20)24-18(25)7-6-17(23-24)14-8-10-21-11-9-14/h2-11,13H,1H3,(H,22,26). The highest BCUT2D eigenvalue weighted by Gasteiger charge is 2.19. The Balaban J connectivity index is 1.90. The molecule has 0 spiro atoms. The summed E-state index contributed by atoms with van der Waals surface area (Å²) in [7, 11) is 0. The van der Waals surface area contributed by atoms with Gasteiger partial charge in [-0.2, -0.15) is 10.4 Å². The molecule has 0 bridgehead atoms. The Morgan fingerprint density at radius 3 is 2.62 bits per heavy atom. The van der Waals surface area contributed by atoms with E-state index in [1.165, 1.54) is 6.07 Å². The Kier molecular flexibility index (Phi) is 4.85. The second-order valence-corrected chi connectivity index (χ2v) is 5.56. The van der Waals surface area contributed by atoms with Crippen LogP contribution in [0.1, 0.15) is 18.5 Å². The van der Waals surface area contributed by atoms with Crippen molar-refractivity contribution in [3.05, 3.63) is 76.8 Å². The monoisotopic (exact) mass is 345 g/mol. The smallest absolute Gasteiger partial charge is 0.267 e. The van der Waals surface area contributed by atoms with E-state index in [1.54, 1.807) is 61.8 Å². The molecule has 0 radical (unpaired) electrons. The van der Waals surface area contributed by atoms with Crippen LogP contribution in [0, 0.1) is 11.3 Å². The van der Waals surface area contributed by atoms with Crippen LogP contribution in [0.25, 0.3) is 11.3 Å². The molecule has 2 heterocycles. The number of nitrogens with zero attached hydrogens (tertiary/aromatic N) is 4. The second-order valence-electron chi connectivity index (χ2n) is 5.56. The summed E-state index contributed by atoms with van der Waals surface area (Å²) < 4.78 is 1.13. The summed E-state index contributed by atoms with van der Waals surface area (Å²) in [5.74, 6) is -0.436. The fraction of sp³-hybridized carbons (Fsp3) is 0.105. The summed E-state index contributed by atoms with van der Waals surface area (Å²) in [6.45, 7) is 1.58. The Morgan fingerprint density at radius 1 is 1.15 bits per heavy atom. The van der Waals surface area contributed by atoms with Gasteiger partial charge in [-0.1, -0.05) is 12.1 Å². The van der Waals surface area contributed by atoms with E-state index in [4.69, 9.17) is 5.26 Å². The fourth-order valence-corrected chi connectivity index (χ4v) is 2.42. The van der Waals surface area contributed by atoms with Crippen LogP contribution in [0.3, 0.4) is 0 Å². The maximum atomic E-state index is 12.6. The largest absolute Gasteiger partial charge is 0.323 e. The van der Waals surface area contributed by atoms with Crippen molar-refractivity contribution in [3.8, 4) is 17.3 Å². The fourth-order valence-electron chi connectivity index (χ4n) is 2.42. The minimum Gasteiger partial charge on any atom is -0.323 e. The van der Waals surface area contributed by atoms with Crippen LogP contribution < -0.4 is 10.9 Å². The average molecular weight is 345 g/mol. The van der Waals surface area contributed by atoms with Crippen LogP contribution in [0.5, 0.6) is 0 Å². The molecule has 7 heteroatoms. The van der Waals surface area contributed by atoms with E-state index in [-0.39, 0.29) is 5.56 Å². The number of hydrogen-bond donors (Lipinski definition) is 1. The maximum absolute atomic E-state index is 12.6. The van der Waals surface area contributed by atoms with Crippen molar-refractivity contribution in [2.45, 2.75) is 13.0 Å². The average Bonchev–Trinajstić information content (AvgIpc) is 2.69. The Morgan fingerprint density at radius 2 is 1.88 bits per heavy atom. The van der Waals surface area contributed by atoms with Crippen molar-refractivity contribution in [3.63, 3.8) is 0 Å². The van der Waals surface area contributed by atoms with E-state index in [0.29, 0.717) is 16.9 Å². The predicted molar refractivity (Wildman–Crippen MR) is 96.2 cm³/mol. The van der Waals surface area contributed by atoms with E-state index in [0.717, 1.165) is 10.2 Å². The molecule has 0 saturated carbocycles. The second kappa shape index (κ2) is 7.40. The quantitative estimate of drug-likeness (QED) is 0.782. The molecule has 7 nitrogen and oxygen atoms in total. The van der Waals surface area contributed by atoms with Crippen LogP contribution in [0.4, 0.5) is 5.69 Å². The molecule has 1 aromatic carbocycles. The molecule has 1 unspecified atom stereocenters. The number of nitriles is 1. The first kappa shape index (κ1) is 17.0. The Bertz CT molecular complexity index is 1040. The summed E-state index contributed by atoms with van der Waals surface area (Å²) in [6, 6.07) is 14.3. The molecule has 0 aliphatic rings. The van der Waals surface area contributed by atoms with Gasteiger partial charge >= 0.3 is 0 Å². The van der Waals surface area contributed by atoms with Crippen LogP contribution in [0.2, 0.25) is 0 Å². The van der Waals surface area contributed by atoms with Crippen LogP contribution in [-0.4, -0.2) is 20.7 Å². The summed E-state index contributed by atoms with van der Waals surface area (Å²) in [6.07, 6.45) is 3.25. The van der Waals surface area contributed by atoms with Crippen molar-refractivity contribution >= 4 is 11.6 Å². The van der Waals surface area contributed by atoms with Crippen molar-refractivity contribution in [2.24, 2.45) is 0 Å². The first-order chi connectivity index (χ1) is 12.6. The van der Waals surface area contributed by atoms with Gasteiger partial charge in [0.05, 0.1) is 16.9 Å². The zero-order valence-corrected chi connectivity index (χ0v) is 14.0. The number of aromatic nitrogens is 3. The van der Waals surface area contributed by atoms with Crippen LogP contribution >= 0.6 is 0 Å². The zero-order valence-electron chi connectivity index (χ0n) is 14.0. The third kappa shape index (κ3) is 3.49. The SMILES string of the molecule is CC(C(=O)Nc1ccccc1C#N)n1nc(-c2ccncc2)ccc1=O. The van der Waals surface area contributed by atoms with Gasteiger partial charge in [-0.05, 0) is 37.3 Å². The molecule has 26 heavy (non-hydrogen) atoms. The maximum Gasteiger partial charge on any atom is 0.267 e. The minimum atomic E-state index is -0.851. The van der Waals surface area contributed by atoms with Gasteiger partial charge in [0.15, 0.2) is 0 Å². The van der Waals surface area contributed by atoms with Crippen molar-refractivity contribution in [1.82, 2.24) is 14.8 Å². The van der Waals surface area contributed by atoms with Gasteiger partial charge in [0.2, 0.25) is 5.91 Å². The van der Waals surface area contributed by atoms with E-state index >= 15 is 0 Å². The first-order valence-corrected chi connectivity index (χ1v) is 7.90. The van der Waals surface area contributed by atoms with Gasteiger partial charge in [0.1, 0.15) is 12.1 Å². The topological polar surface area (TPSA) is 101 Å². The molecule has 0 saturated heterocycles. The lowest BCUT2D eigenvalue weighted by atomic mass is 10.2. The molecule has 0 fully saturated rings. The number of pyridine rings is 1. The summed E-state index contributed by atoms with van der Waals surface area (Å²) in [4.78, 5) is 28.7. The summed E-state index contributed by atoms with van der Waals surface area (Å²) >= 11 is 0. The van der Waals surface area contributed by atoms with Gasteiger partial charge < -0.3 is 5.32 Å². The number of carbonyl (C=O) groups is 1. The zero-order chi connectivity index (χ0) is 18.5. The van der Waals surface area contributed by atoms with E-state index in [1.807, 2.05) is 6.07 Å². The Labute approximate surface area is 149 Å². The number of para-hydroxylation sites is 1. The van der Waals surface area contributed by atoms with E-state index in [2.05, 4.69) is 15.4 Å². The number of amides is 1. The van der Waals surface area contributed by atoms with Crippen molar-refractivity contribution in [1.29, 1.82) is 5.26 Å². The number of rotatable bonds is 4. The number of nitrogens with one attached hydrogen (secondary N) is 1. The van der Waals surface area contributed by atoms with Gasteiger partial charge in [-0.15, -0.1) is 0 Å². The van der Waals surface area contributed by atoms with Crippen LogP contribution in [0.15, 0.2) is 65.7 Å². The molecule has 2 aromatic heterocycles. The molecule has 128 valence electrons. The predicted octanol–water partition coefficient (Wildman–Crippen LogP) is 2.38. The molecule has 1 atom stereocenters.